The van der Waals surface area contributed by atoms with Crippen LogP contribution in [0.2, 0.25) is 0 Å². The third kappa shape index (κ3) is 4.97. The van der Waals surface area contributed by atoms with Crippen LogP contribution in [0.5, 0.6) is 5.75 Å². The van der Waals surface area contributed by atoms with Crippen LogP contribution in [0, 0.1) is 0 Å². The van der Waals surface area contributed by atoms with Gasteiger partial charge in [0.1, 0.15) is 17.3 Å². The predicted molar refractivity (Wildman–Crippen MR) is 168 cm³/mol. The summed E-state index contributed by atoms with van der Waals surface area (Å²) in [6.45, 7) is 11.2. The second kappa shape index (κ2) is 10.9. The highest BCUT2D eigenvalue weighted by Crippen LogP contribution is 2.56. The number of rotatable bonds is 9. The molecule has 0 amide bonds. The number of ether oxygens (including phenoxy) is 1. The molecule has 43 heavy (non-hydrogen) atoms. The van der Waals surface area contributed by atoms with E-state index >= 15 is 0 Å². The highest BCUT2D eigenvalue weighted by Gasteiger charge is 2.53. The fourth-order valence-electron chi connectivity index (χ4n) is 7.70. The van der Waals surface area contributed by atoms with Gasteiger partial charge in [0.2, 0.25) is 0 Å². The van der Waals surface area contributed by atoms with E-state index in [1.165, 1.54) is 30.6 Å². The van der Waals surface area contributed by atoms with Gasteiger partial charge in [-0.3, -0.25) is 4.90 Å². The van der Waals surface area contributed by atoms with E-state index in [1.54, 1.807) is 0 Å². The zero-order valence-corrected chi connectivity index (χ0v) is 26.3. The van der Waals surface area contributed by atoms with Gasteiger partial charge in [0.15, 0.2) is 11.9 Å². The topological polar surface area (TPSA) is 73.9 Å². The molecular weight excluding hydrogens is 534 g/mol. The van der Waals surface area contributed by atoms with Crippen LogP contribution in [0.4, 0.5) is 0 Å². The first-order valence-corrected chi connectivity index (χ1v) is 16.2. The molecule has 2 unspecified atom stereocenters. The number of likely N-dealkylation sites (tertiary alicyclic amines) is 1. The van der Waals surface area contributed by atoms with Crippen molar-refractivity contribution in [2.24, 2.45) is 7.05 Å². The van der Waals surface area contributed by atoms with E-state index in [0.29, 0.717) is 12.0 Å². The summed E-state index contributed by atoms with van der Waals surface area (Å²) < 4.78 is 10.7. The van der Waals surface area contributed by atoms with Crippen molar-refractivity contribution in [3.8, 4) is 17.0 Å². The molecule has 3 saturated carbocycles. The summed E-state index contributed by atoms with van der Waals surface area (Å²) in [6, 6.07) is 17.8. The van der Waals surface area contributed by atoms with Crippen LogP contribution in [-0.4, -0.2) is 47.7 Å². The summed E-state index contributed by atoms with van der Waals surface area (Å²) in [6.07, 6.45) is 9.82. The Balaban J connectivity index is 1.03. The van der Waals surface area contributed by atoms with E-state index in [-0.39, 0.29) is 17.1 Å². The summed E-state index contributed by atoms with van der Waals surface area (Å²) in [5.41, 5.74) is 4.86. The van der Waals surface area contributed by atoms with Crippen molar-refractivity contribution < 1.29 is 4.74 Å². The van der Waals surface area contributed by atoms with Gasteiger partial charge < -0.3 is 9.30 Å². The molecular formula is C35H45N7O. The minimum atomic E-state index is -0.183. The van der Waals surface area contributed by atoms with Gasteiger partial charge in [-0.25, -0.2) is 4.68 Å². The van der Waals surface area contributed by atoms with E-state index in [9.17, 15) is 0 Å². The maximum absolute atomic E-state index is 6.35. The van der Waals surface area contributed by atoms with Crippen LogP contribution in [0.1, 0.15) is 113 Å². The number of benzene rings is 2. The third-order valence-corrected chi connectivity index (χ3v) is 10.9. The van der Waals surface area contributed by atoms with Gasteiger partial charge in [-0.05, 0) is 101 Å². The van der Waals surface area contributed by atoms with E-state index in [1.807, 2.05) is 6.07 Å². The third-order valence-electron chi connectivity index (χ3n) is 10.9. The van der Waals surface area contributed by atoms with Gasteiger partial charge in [0, 0.05) is 24.1 Å². The van der Waals surface area contributed by atoms with E-state index in [0.717, 1.165) is 67.2 Å². The average molecular weight is 580 g/mol. The monoisotopic (exact) mass is 579 g/mol. The molecule has 8 rings (SSSR count). The molecule has 3 aliphatic carbocycles. The predicted octanol–water partition coefficient (Wildman–Crippen LogP) is 7.10. The Labute approximate surface area is 255 Å². The van der Waals surface area contributed by atoms with Crippen LogP contribution in [0.15, 0.2) is 54.7 Å². The van der Waals surface area contributed by atoms with Crippen molar-refractivity contribution in [2.45, 2.75) is 102 Å². The number of aromatic nitrogens is 6. The average Bonchev–Trinajstić information content (AvgIpc) is 3.66. The molecule has 226 valence electrons. The van der Waals surface area contributed by atoms with Crippen LogP contribution >= 0.6 is 0 Å². The first kappa shape index (κ1) is 28.3. The quantitative estimate of drug-likeness (QED) is 0.211. The molecule has 1 aliphatic heterocycles. The molecule has 4 aliphatic rings. The van der Waals surface area contributed by atoms with Crippen molar-refractivity contribution >= 4 is 0 Å². The summed E-state index contributed by atoms with van der Waals surface area (Å²) in [5.74, 6) is 3.33. The highest BCUT2D eigenvalue weighted by molar-refractivity contribution is 5.58. The van der Waals surface area contributed by atoms with E-state index in [2.05, 4.69) is 108 Å². The lowest BCUT2D eigenvalue weighted by Gasteiger charge is -2.52. The normalized spacial score (nSPS) is 25.1. The summed E-state index contributed by atoms with van der Waals surface area (Å²) in [7, 11) is 2.11. The first-order chi connectivity index (χ1) is 20.8. The molecule has 2 bridgehead atoms. The van der Waals surface area contributed by atoms with Gasteiger partial charge in [0.25, 0.3) is 0 Å². The van der Waals surface area contributed by atoms with Gasteiger partial charge in [0.05, 0.1) is 11.7 Å². The second-order valence-electron chi connectivity index (χ2n) is 13.7. The molecule has 0 spiro atoms. The van der Waals surface area contributed by atoms with Crippen molar-refractivity contribution in [3.05, 3.63) is 77.5 Å². The fraction of sp³-hybridized carbons (Fsp3) is 0.543. The lowest BCUT2D eigenvalue weighted by molar-refractivity contribution is 0.0320. The minimum absolute atomic E-state index is 0.0399. The van der Waals surface area contributed by atoms with Gasteiger partial charge in [-0.2, -0.15) is 0 Å². The molecule has 2 aromatic heterocycles. The van der Waals surface area contributed by atoms with Crippen molar-refractivity contribution in [1.82, 2.24) is 34.7 Å². The van der Waals surface area contributed by atoms with E-state index < -0.39 is 0 Å². The Kier molecular flexibility index (Phi) is 7.15. The smallest absolute Gasteiger partial charge is 0.173 e. The summed E-state index contributed by atoms with van der Waals surface area (Å²) >= 11 is 0. The number of hydrogen-bond donors (Lipinski definition) is 0. The maximum atomic E-state index is 6.35. The van der Waals surface area contributed by atoms with Gasteiger partial charge in [-0.15, -0.1) is 15.3 Å². The van der Waals surface area contributed by atoms with E-state index in [4.69, 9.17) is 15.0 Å². The highest BCUT2D eigenvalue weighted by atomic mass is 16.5. The lowest BCUT2D eigenvalue weighted by Crippen LogP contribution is -2.50. The molecule has 3 heterocycles. The summed E-state index contributed by atoms with van der Waals surface area (Å²) in [4.78, 5) is 2.53. The second-order valence-corrected chi connectivity index (χ2v) is 13.7. The van der Waals surface area contributed by atoms with Crippen molar-refractivity contribution in [3.63, 3.8) is 0 Å². The van der Waals surface area contributed by atoms with Crippen LogP contribution in [0.25, 0.3) is 11.3 Å². The van der Waals surface area contributed by atoms with Crippen molar-refractivity contribution in [2.75, 3.05) is 13.1 Å². The summed E-state index contributed by atoms with van der Waals surface area (Å²) in [5, 5.41) is 18.8. The number of nitrogens with zero attached hydrogens (tertiary/aromatic N) is 7. The Morgan fingerprint density at radius 1 is 0.814 bits per heavy atom. The Hall–Kier alpha value is -3.52. The SMILES string of the molecule is CC(C)c1cccc(OC(C)c2nnc(C34CCC(n5cc(-c6ccc(C(C)N7CCC7)cc6)nn5)(CC3)CC4)n2C)c1. The van der Waals surface area contributed by atoms with Gasteiger partial charge >= 0.3 is 0 Å². The van der Waals surface area contributed by atoms with Crippen molar-refractivity contribution in [1.29, 1.82) is 0 Å². The largest absolute Gasteiger partial charge is 0.483 e. The lowest BCUT2D eigenvalue weighted by atomic mass is 9.57. The van der Waals surface area contributed by atoms with Gasteiger partial charge in [-0.1, -0.05) is 55.5 Å². The molecule has 1 saturated heterocycles. The molecule has 2 atom stereocenters. The fourth-order valence-corrected chi connectivity index (χ4v) is 7.70. The Morgan fingerprint density at radius 2 is 1.53 bits per heavy atom. The standard InChI is InChI=1S/C35H45N7O/c1-24(2)29-8-6-9-30(22-29)43-26(4)32-37-38-33(40(32)5)34-14-17-35(18-15-34,19-16-34)42-23-31(36-39-42)28-12-10-27(11-13-28)25(3)41-20-7-21-41/h6,8-13,22-26H,7,14-21H2,1-5H3. The molecule has 2 aromatic carbocycles. The minimum Gasteiger partial charge on any atom is -0.483 e. The number of hydrogen-bond acceptors (Lipinski definition) is 6. The van der Waals surface area contributed by atoms with Crippen LogP contribution in [0.3, 0.4) is 0 Å². The molecule has 8 heteroatoms. The first-order valence-electron chi connectivity index (χ1n) is 16.2. The maximum Gasteiger partial charge on any atom is 0.173 e. The Morgan fingerprint density at radius 3 is 2.19 bits per heavy atom. The molecule has 0 N–H and O–H groups in total. The van der Waals surface area contributed by atoms with Crippen LogP contribution < -0.4 is 4.74 Å². The molecule has 8 nitrogen and oxygen atoms in total. The molecule has 4 aromatic rings. The molecule has 0 radical (unpaired) electrons. The Bertz CT molecular complexity index is 1560. The zero-order chi connectivity index (χ0) is 29.8. The molecule has 4 fully saturated rings. The zero-order valence-electron chi connectivity index (χ0n) is 26.3. The van der Waals surface area contributed by atoms with Crippen LogP contribution in [-0.2, 0) is 18.0 Å². The number of fused-ring (bicyclic) bond motifs is 3.